The number of carbonyl (C=O) groups excluding carboxylic acids is 2. The zero-order chi connectivity index (χ0) is 19.1. The molecule has 0 saturated carbocycles. The molecule has 0 radical (unpaired) electrons. The van der Waals surface area contributed by atoms with Gasteiger partial charge in [-0.15, -0.1) is 0 Å². The molecule has 0 aliphatic rings. The fourth-order valence-corrected chi connectivity index (χ4v) is 2.66. The molecule has 26 heavy (non-hydrogen) atoms. The van der Waals surface area contributed by atoms with Crippen molar-refractivity contribution >= 4 is 29.1 Å². The van der Waals surface area contributed by atoms with Gasteiger partial charge in [0, 0.05) is 10.7 Å². The number of benzene rings is 2. The molecular formula is C19H21ClFN3O2. The third-order valence-corrected chi connectivity index (χ3v) is 3.90. The molecule has 5 nitrogen and oxygen atoms in total. The van der Waals surface area contributed by atoms with Gasteiger partial charge in [-0.25, -0.2) is 4.39 Å². The Balaban J connectivity index is 1.80. The summed E-state index contributed by atoms with van der Waals surface area (Å²) in [5.74, 6) is -0.960. The summed E-state index contributed by atoms with van der Waals surface area (Å²) in [5.41, 5.74) is 1.28. The van der Waals surface area contributed by atoms with Gasteiger partial charge in [-0.05, 0) is 49.9 Å². The van der Waals surface area contributed by atoms with Gasteiger partial charge in [0.1, 0.15) is 5.82 Å². The molecule has 0 bridgehead atoms. The number of anilines is 1. The molecule has 0 heterocycles. The van der Waals surface area contributed by atoms with Gasteiger partial charge in [0.05, 0.1) is 19.1 Å². The van der Waals surface area contributed by atoms with Gasteiger partial charge in [-0.2, -0.15) is 0 Å². The van der Waals surface area contributed by atoms with Crippen molar-refractivity contribution in [1.82, 2.24) is 10.2 Å². The topological polar surface area (TPSA) is 61.4 Å². The first kappa shape index (κ1) is 19.9. The van der Waals surface area contributed by atoms with Crippen LogP contribution in [0.4, 0.5) is 10.1 Å². The number of nitrogens with one attached hydrogen (secondary N) is 2. The Morgan fingerprint density at radius 2 is 1.81 bits per heavy atom. The molecule has 7 heteroatoms. The number of carbonyl (C=O) groups is 2. The minimum absolute atomic E-state index is 0.00940. The normalized spacial score (nSPS) is 11.9. The Kier molecular flexibility index (Phi) is 7.12. The van der Waals surface area contributed by atoms with Crippen molar-refractivity contribution in [2.24, 2.45) is 0 Å². The van der Waals surface area contributed by atoms with Crippen LogP contribution in [0.3, 0.4) is 0 Å². The lowest BCUT2D eigenvalue weighted by atomic mass is 10.1. The van der Waals surface area contributed by atoms with Crippen molar-refractivity contribution in [3.05, 3.63) is 64.9 Å². The van der Waals surface area contributed by atoms with E-state index in [-0.39, 0.29) is 30.9 Å². The highest BCUT2D eigenvalue weighted by molar-refractivity contribution is 6.30. The average molecular weight is 378 g/mol. The third-order valence-electron chi connectivity index (χ3n) is 3.66. The van der Waals surface area contributed by atoms with Crippen LogP contribution >= 0.6 is 11.6 Å². The molecule has 1 atom stereocenters. The van der Waals surface area contributed by atoms with E-state index in [1.807, 2.05) is 19.1 Å². The van der Waals surface area contributed by atoms with Crippen molar-refractivity contribution in [3.8, 4) is 0 Å². The van der Waals surface area contributed by atoms with E-state index in [1.165, 1.54) is 18.2 Å². The van der Waals surface area contributed by atoms with Crippen molar-refractivity contribution in [3.63, 3.8) is 0 Å². The van der Waals surface area contributed by atoms with E-state index in [9.17, 15) is 14.0 Å². The van der Waals surface area contributed by atoms with Crippen molar-refractivity contribution in [1.29, 1.82) is 0 Å². The maximum Gasteiger partial charge on any atom is 0.238 e. The van der Waals surface area contributed by atoms with E-state index >= 15 is 0 Å². The van der Waals surface area contributed by atoms with Gasteiger partial charge < -0.3 is 10.6 Å². The predicted octanol–water partition coefficient (Wildman–Crippen LogP) is 3.23. The molecular weight excluding hydrogens is 357 g/mol. The Morgan fingerprint density at radius 3 is 2.50 bits per heavy atom. The lowest BCUT2D eigenvalue weighted by Gasteiger charge is -2.19. The standard InChI is InChI=1S/C19H21ClFN3O2/c1-13(14-5-3-6-15(20)9-14)22-18(25)11-24(2)12-19(26)23-17-8-4-7-16(21)10-17/h3-10,13H,11-12H2,1-2H3,(H,22,25)(H,23,26)/t13-/m1/s1. The smallest absolute Gasteiger partial charge is 0.238 e. The summed E-state index contributed by atoms with van der Waals surface area (Å²) < 4.78 is 13.1. The van der Waals surface area contributed by atoms with Gasteiger partial charge in [-0.1, -0.05) is 29.8 Å². The highest BCUT2D eigenvalue weighted by atomic mass is 35.5. The van der Waals surface area contributed by atoms with E-state index in [0.29, 0.717) is 10.7 Å². The molecule has 0 spiro atoms. The summed E-state index contributed by atoms with van der Waals surface area (Å²) in [6, 6.07) is 12.7. The van der Waals surface area contributed by atoms with Gasteiger partial charge in [-0.3, -0.25) is 14.5 Å². The molecule has 2 aromatic carbocycles. The van der Waals surface area contributed by atoms with Gasteiger partial charge >= 0.3 is 0 Å². The van der Waals surface area contributed by atoms with Crippen LogP contribution in [0.5, 0.6) is 0 Å². The lowest BCUT2D eigenvalue weighted by Crippen LogP contribution is -2.39. The molecule has 0 aliphatic heterocycles. The fraction of sp³-hybridized carbons (Fsp3) is 0.263. The molecule has 138 valence electrons. The number of halogens is 2. The maximum absolute atomic E-state index is 13.1. The summed E-state index contributed by atoms with van der Waals surface area (Å²) in [7, 11) is 1.66. The Hall–Kier alpha value is -2.44. The number of rotatable bonds is 7. The summed E-state index contributed by atoms with van der Waals surface area (Å²) in [5, 5.41) is 6.06. The van der Waals surface area contributed by atoms with Crippen LogP contribution in [0.25, 0.3) is 0 Å². The fourth-order valence-electron chi connectivity index (χ4n) is 2.46. The van der Waals surface area contributed by atoms with Crippen LogP contribution in [0.2, 0.25) is 5.02 Å². The van der Waals surface area contributed by atoms with Crippen LogP contribution in [0, 0.1) is 5.82 Å². The second kappa shape index (κ2) is 9.31. The first-order valence-electron chi connectivity index (χ1n) is 8.12. The van der Waals surface area contributed by atoms with E-state index in [1.54, 1.807) is 30.1 Å². The number of likely N-dealkylation sites (N-methyl/N-ethyl adjacent to an activating group) is 1. The minimum atomic E-state index is -0.425. The van der Waals surface area contributed by atoms with Crippen LogP contribution in [0.15, 0.2) is 48.5 Å². The summed E-state index contributed by atoms with van der Waals surface area (Å²) >= 11 is 5.95. The first-order valence-corrected chi connectivity index (χ1v) is 8.50. The molecule has 2 N–H and O–H groups in total. The van der Waals surface area contributed by atoms with Crippen LogP contribution in [-0.2, 0) is 9.59 Å². The molecule has 0 aliphatic carbocycles. The van der Waals surface area contributed by atoms with Gasteiger partial charge in [0.25, 0.3) is 0 Å². The van der Waals surface area contributed by atoms with Crippen molar-refractivity contribution in [2.75, 3.05) is 25.5 Å². The number of hydrogen-bond acceptors (Lipinski definition) is 3. The van der Waals surface area contributed by atoms with Crippen molar-refractivity contribution in [2.45, 2.75) is 13.0 Å². The van der Waals surface area contributed by atoms with Crippen LogP contribution in [0.1, 0.15) is 18.5 Å². The molecule has 2 aromatic rings. The highest BCUT2D eigenvalue weighted by Crippen LogP contribution is 2.17. The monoisotopic (exact) mass is 377 g/mol. The zero-order valence-corrected chi connectivity index (χ0v) is 15.4. The summed E-state index contributed by atoms with van der Waals surface area (Å²) in [6.45, 7) is 1.93. The van der Waals surface area contributed by atoms with Gasteiger partial charge in [0.2, 0.25) is 11.8 Å². The van der Waals surface area contributed by atoms with Crippen LogP contribution < -0.4 is 10.6 Å². The van der Waals surface area contributed by atoms with E-state index < -0.39 is 5.82 Å². The molecule has 0 fully saturated rings. The SMILES string of the molecule is C[C@@H](NC(=O)CN(C)CC(=O)Nc1cccc(F)c1)c1cccc(Cl)c1. The number of nitrogens with zero attached hydrogens (tertiary/aromatic N) is 1. The zero-order valence-electron chi connectivity index (χ0n) is 14.6. The Bertz CT molecular complexity index is 785. The molecule has 0 unspecified atom stereocenters. The van der Waals surface area contributed by atoms with Crippen LogP contribution in [-0.4, -0.2) is 36.9 Å². The van der Waals surface area contributed by atoms with Gasteiger partial charge in [0.15, 0.2) is 0 Å². The Morgan fingerprint density at radius 1 is 1.12 bits per heavy atom. The average Bonchev–Trinajstić information content (AvgIpc) is 2.54. The van der Waals surface area contributed by atoms with Crippen molar-refractivity contribution < 1.29 is 14.0 Å². The molecule has 0 aromatic heterocycles. The number of amides is 2. The molecule has 2 amide bonds. The predicted molar refractivity (Wildman–Crippen MR) is 101 cm³/mol. The third kappa shape index (κ3) is 6.46. The summed E-state index contributed by atoms with van der Waals surface area (Å²) in [4.78, 5) is 25.7. The number of hydrogen-bond donors (Lipinski definition) is 2. The van der Waals surface area contributed by atoms with E-state index in [0.717, 1.165) is 5.56 Å². The minimum Gasteiger partial charge on any atom is -0.348 e. The second-order valence-corrected chi connectivity index (χ2v) is 6.51. The highest BCUT2D eigenvalue weighted by Gasteiger charge is 2.14. The van der Waals surface area contributed by atoms with E-state index in [4.69, 9.17) is 11.6 Å². The first-order chi connectivity index (χ1) is 12.3. The second-order valence-electron chi connectivity index (χ2n) is 6.08. The Labute approximate surface area is 157 Å². The van der Waals surface area contributed by atoms with E-state index in [2.05, 4.69) is 10.6 Å². The lowest BCUT2D eigenvalue weighted by molar-refractivity contribution is -0.123. The maximum atomic E-state index is 13.1. The molecule has 0 saturated heterocycles. The largest absolute Gasteiger partial charge is 0.348 e. The molecule has 2 rings (SSSR count). The summed E-state index contributed by atoms with van der Waals surface area (Å²) in [6.07, 6.45) is 0. The quantitative estimate of drug-likeness (QED) is 0.778.